The average molecular weight is 546 g/mol. The van der Waals surface area contributed by atoms with Gasteiger partial charge in [-0.25, -0.2) is 0 Å². The van der Waals surface area contributed by atoms with Crippen molar-refractivity contribution < 1.29 is 14.4 Å². The van der Waals surface area contributed by atoms with Crippen LogP contribution in [0.4, 0.5) is 0 Å². The molecule has 0 saturated heterocycles. The lowest BCUT2D eigenvalue weighted by atomic mass is 10.0. The summed E-state index contributed by atoms with van der Waals surface area (Å²) in [4.78, 5) is 14.2. The molecule has 0 radical (unpaired) electrons. The summed E-state index contributed by atoms with van der Waals surface area (Å²) < 4.78 is 8.70. The van der Waals surface area contributed by atoms with E-state index in [9.17, 15) is 0 Å². The van der Waals surface area contributed by atoms with Crippen LogP contribution >= 0.6 is 8.25 Å². The minimum atomic E-state index is -2.87. The van der Waals surface area contributed by atoms with Crippen molar-refractivity contribution in [3.63, 3.8) is 0 Å². The van der Waals surface area contributed by atoms with E-state index < -0.39 is 8.25 Å². The van der Waals surface area contributed by atoms with Crippen molar-refractivity contribution in [2.75, 3.05) is 0 Å². The molecular formula is C33H70O3P+. The quantitative estimate of drug-likeness (QED) is 0.0697. The average Bonchev–Trinajstić information content (AvgIpc) is 2.87. The number of hydrogen-bond donors (Lipinski definition) is 2. The lowest BCUT2D eigenvalue weighted by Crippen LogP contribution is -1.85. The van der Waals surface area contributed by atoms with E-state index in [0.29, 0.717) is 0 Å². The molecule has 0 amide bonds. The van der Waals surface area contributed by atoms with Gasteiger partial charge in [-0.3, -0.25) is 0 Å². The maximum absolute atomic E-state index is 8.70. The normalized spacial score (nSPS) is 10.9. The molecule has 2 N–H and O–H groups in total. The Balaban J connectivity index is 0. The Kier molecular flexibility index (Phi) is 40.4. The largest absolute Gasteiger partial charge is 0.692 e. The van der Waals surface area contributed by atoms with Crippen molar-refractivity contribution in [1.29, 1.82) is 0 Å². The zero-order valence-electron chi connectivity index (χ0n) is 25.7. The van der Waals surface area contributed by atoms with Crippen LogP contribution in [0, 0.1) is 0 Å². The molecular weight excluding hydrogens is 475 g/mol. The molecule has 0 spiro atoms. The second-order valence-corrected chi connectivity index (χ2v) is 12.0. The summed E-state index contributed by atoms with van der Waals surface area (Å²) in [7, 11) is -2.87. The molecule has 0 saturated carbocycles. The summed E-state index contributed by atoms with van der Waals surface area (Å²) in [6, 6.07) is 0. The number of hydrogen-bond acceptors (Lipinski definition) is 1. The third-order valence-electron chi connectivity index (χ3n) is 7.71. The standard InChI is InChI=1S/C33H68.HO3P/c1-3-5-7-9-11-13-15-17-19-21-23-25-27-29-31-33-32-30-28-26-24-22-20-18-16-14-12-10-8-6-4-2;1-4(2)3/h3-33H2,1-2H3;(H-,1,2,3)/p+1. The van der Waals surface area contributed by atoms with Crippen molar-refractivity contribution in [2.24, 2.45) is 0 Å². The minimum absolute atomic E-state index is 1.37. The van der Waals surface area contributed by atoms with Crippen LogP contribution in [0.25, 0.3) is 0 Å². The predicted octanol–water partition coefficient (Wildman–Crippen LogP) is 12.7. The second-order valence-electron chi connectivity index (χ2n) is 11.5. The molecule has 4 heteroatoms. The molecule has 0 atom stereocenters. The molecule has 0 unspecified atom stereocenters. The van der Waals surface area contributed by atoms with Crippen LogP contribution in [0.2, 0.25) is 0 Å². The van der Waals surface area contributed by atoms with Gasteiger partial charge in [0.1, 0.15) is 0 Å². The van der Waals surface area contributed by atoms with Crippen LogP contribution in [0.1, 0.15) is 213 Å². The van der Waals surface area contributed by atoms with E-state index in [1.54, 1.807) is 0 Å². The summed E-state index contributed by atoms with van der Waals surface area (Å²) >= 11 is 0. The Morgan fingerprint density at radius 2 is 0.378 bits per heavy atom. The van der Waals surface area contributed by atoms with Crippen molar-refractivity contribution in [3.8, 4) is 0 Å². The first-order valence-corrected chi connectivity index (χ1v) is 18.2. The van der Waals surface area contributed by atoms with E-state index in [1.165, 1.54) is 199 Å². The van der Waals surface area contributed by atoms with Crippen LogP contribution < -0.4 is 0 Å². The van der Waals surface area contributed by atoms with E-state index in [4.69, 9.17) is 14.4 Å². The van der Waals surface area contributed by atoms with Gasteiger partial charge in [-0.15, -0.1) is 9.79 Å². The van der Waals surface area contributed by atoms with Crippen LogP contribution in [0.3, 0.4) is 0 Å². The Morgan fingerprint density at radius 3 is 0.459 bits per heavy atom. The van der Waals surface area contributed by atoms with Crippen LogP contribution in [0.15, 0.2) is 0 Å². The number of unbranched alkanes of at least 4 members (excludes halogenated alkanes) is 30. The molecule has 224 valence electrons. The van der Waals surface area contributed by atoms with E-state index >= 15 is 0 Å². The van der Waals surface area contributed by atoms with Crippen molar-refractivity contribution >= 4 is 8.25 Å². The maximum Gasteiger partial charge on any atom is 0.692 e. The molecule has 0 aromatic heterocycles. The first kappa shape index (κ1) is 39.2. The Hall–Kier alpha value is 0.0200. The van der Waals surface area contributed by atoms with Gasteiger partial charge in [0.15, 0.2) is 0 Å². The molecule has 0 heterocycles. The van der Waals surface area contributed by atoms with Gasteiger partial charge in [-0.05, 0) is 0 Å². The lowest BCUT2D eigenvalue weighted by Gasteiger charge is -2.04. The topological polar surface area (TPSA) is 57.5 Å². The Bertz CT molecular complexity index is 369. The Morgan fingerprint density at radius 1 is 0.297 bits per heavy atom. The highest BCUT2D eigenvalue weighted by Gasteiger charge is 1.97. The molecule has 0 rings (SSSR count). The van der Waals surface area contributed by atoms with Gasteiger partial charge < -0.3 is 0 Å². The SMILES string of the molecule is CCCCCCCCCCCCCCCCCCCCCCCCCCCCCCCCC.O=[P+](O)O. The van der Waals surface area contributed by atoms with Crippen molar-refractivity contribution in [3.05, 3.63) is 0 Å². The third-order valence-corrected chi connectivity index (χ3v) is 7.71. The van der Waals surface area contributed by atoms with Crippen LogP contribution in [-0.2, 0) is 4.57 Å². The molecule has 0 fully saturated rings. The third kappa shape index (κ3) is 46.3. The van der Waals surface area contributed by atoms with Gasteiger partial charge in [0.25, 0.3) is 0 Å². The zero-order valence-corrected chi connectivity index (χ0v) is 26.6. The summed E-state index contributed by atoms with van der Waals surface area (Å²) in [6.45, 7) is 4.61. The van der Waals surface area contributed by atoms with Gasteiger partial charge in [0.05, 0.1) is 0 Å². The van der Waals surface area contributed by atoms with E-state index in [-0.39, 0.29) is 0 Å². The first-order valence-electron chi connectivity index (χ1n) is 17.0. The molecule has 3 nitrogen and oxygen atoms in total. The first-order chi connectivity index (χ1) is 18.1. The molecule has 0 aliphatic carbocycles. The lowest BCUT2D eigenvalue weighted by molar-refractivity contribution is 0.405. The van der Waals surface area contributed by atoms with Gasteiger partial charge >= 0.3 is 8.25 Å². The molecule has 0 bridgehead atoms. The van der Waals surface area contributed by atoms with Crippen molar-refractivity contribution in [2.45, 2.75) is 213 Å². The number of rotatable bonds is 30. The fourth-order valence-electron chi connectivity index (χ4n) is 5.27. The summed E-state index contributed by atoms with van der Waals surface area (Å²) in [5.74, 6) is 0. The van der Waals surface area contributed by atoms with E-state index in [1.807, 2.05) is 0 Å². The van der Waals surface area contributed by atoms with E-state index in [0.717, 1.165) is 0 Å². The van der Waals surface area contributed by atoms with Gasteiger partial charge in [-0.1, -0.05) is 213 Å². The Labute approximate surface area is 235 Å². The highest BCUT2D eigenvalue weighted by atomic mass is 31.1. The fourth-order valence-corrected chi connectivity index (χ4v) is 5.27. The maximum atomic E-state index is 8.70. The summed E-state index contributed by atoms with van der Waals surface area (Å²) in [6.07, 6.45) is 45.9. The second kappa shape index (κ2) is 38.2. The molecule has 0 aliphatic rings. The highest BCUT2D eigenvalue weighted by molar-refractivity contribution is 7.30. The minimum Gasteiger partial charge on any atom is -0.134 e. The smallest absolute Gasteiger partial charge is 0.134 e. The predicted molar refractivity (Wildman–Crippen MR) is 167 cm³/mol. The van der Waals surface area contributed by atoms with Crippen LogP contribution in [-0.4, -0.2) is 9.79 Å². The van der Waals surface area contributed by atoms with E-state index in [2.05, 4.69) is 13.8 Å². The van der Waals surface area contributed by atoms with Gasteiger partial charge in [0.2, 0.25) is 0 Å². The highest BCUT2D eigenvalue weighted by Crippen LogP contribution is 2.16. The molecule has 37 heavy (non-hydrogen) atoms. The molecule has 0 aromatic rings. The van der Waals surface area contributed by atoms with Crippen LogP contribution in [0.5, 0.6) is 0 Å². The fraction of sp³-hybridized carbons (Fsp3) is 1.00. The van der Waals surface area contributed by atoms with Crippen molar-refractivity contribution in [1.82, 2.24) is 0 Å². The molecule has 0 aliphatic heterocycles. The summed E-state index contributed by atoms with van der Waals surface area (Å²) in [5.41, 5.74) is 0. The monoisotopic (exact) mass is 546 g/mol. The van der Waals surface area contributed by atoms with Gasteiger partial charge in [0, 0.05) is 4.57 Å². The summed E-state index contributed by atoms with van der Waals surface area (Å²) in [5, 5.41) is 0. The zero-order chi connectivity index (χ0) is 27.5. The van der Waals surface area contributed by atoms with Gasteiger partial charge in [-0.2, -0.15) is 0 Å². The molecule has 0 aromatic carbocycles.